The Morgan fingerprint density at radius 1 is 1.16 bits per heavy atom. The van der Waals surface area contributed by atoms with E-state index in [0.717, 1.165) is 18.5 Å². The van der Waals surface area contributed by atoms with E-state index in [4.69, 9.17) is 5.26 Å². The van der Waals surface area contributed by atoms with Gasteiger partial charge < -0.3 is 5.32 Å². The molecule has 0 bridgehead atoms. The monoisotopic (exact) mass is 250 g/mol. The number of nitrogens with zero attached hydrogens (tertiary/aromatic N) is 3. The van der Waals surface area contributed by atoms with Gasteiger partial charge in [-0.3, -0.25) is 0 Å². The number of aryl methyl sites for hydroxylation is 1. The molecule has 0 spiro atoms. The number of hydrogen-bond donors (Lipinski definition) is 1. The molecule has 4 nitrogen and oxygen atoms in total. The number of fused-ring (bicyclic) bond motifs is 1. The van der Waals surface area contributed by atoms with Crippen LogP contribution in [-0.4, -0.2) is 9.97 Å². The zero-order valence-corrected chi connectivity index (χ0v) is 10.6. The molecule has 1 aromatic carbocycles. The Morgan fingerprint density at radius 2 is 2.05 bits per heavy atom. The van der Waals surface area contributed by atoms with Gasteiger partial charge in [0.25, 0.3) is 0 Å². The van der Waals surface area contributed by atoms with Crippen molar-refractivity contribution in [1.82, 2.24) is 9.97 Å². The van der Waals surface area contributed by atoms with Crippen LogP contribution in [0.1, 0.15) is 29.7 Å². The van der Waals surface area contributed by atoms with E-state index in [1.54, 1.807) is 12.3 Å². The van der Waals surface area contributed by atoms with Crippen LogP contribution in [0.3, 0.4) is 0 Å². The highest BCUT2D eigenvalue weighted by molar-refractivity contribution is 5.61. The highest BCUT2D eigenvalue weighted by Crippen LogP contribution is 2.29. The van der Waals surface area contributed by atoms with Crippen molar-refractivity contribution in [2.45, 2.75) is 25.7 Å². The second-order valence-corrected chi connectivity index (χ2v) is 4.65. The molecular formula is C15H14N4. The standard InChI is InChI=1S/C15H14N4/c16-10-12-8-9-17-15(18-12)19-14-7-3-5-11-4-1-2-6-13(11)14/h3,5,7-9H,1-2,4,6H2,(H,17,18,19). The minimum Gasteiger partial charge on any atom is -0.324 e. The summed E-state index contributed by atoms with van der Waals surface area (Å²) in [6, 6.07) is 9.92. The third kappa shape index (κ3) is 2.41. The van der Waals surface area contributed by atoms with E-state index in [1.165, 1.54) is 24.0 Å². The van der Waals surface area contributed by atoms with Crippen molar-refractivity contribution >= 4 is 11.6 Å². The van der Waals surface area contributed by atoms with E-state index >= 15 is 0 Å². The molecule has 4 heteroatoms. The summed E-state index contributed by atoms with van der Waals surface area (Å²) in [6.45, 7) is 0. The Balaban J connectivity index is 1.93. The molecule has 1 aliphatic rings. The average molecular weight is 250 g/mol. The van der Waals surface area contributed by atoms with E-state index in [1.807, 2.05) is 12.1 Å². The van der Waals surface area contributed by atoms with E-state index in [2.05, 4.69) is 27.4 Å². The van der Waals surface area contributed by atoms with Gasteiger partial charge in [0.2, 0.25) is 5.95 Å². The van der Waals surface area contributed by atoms with Crippen LogP contribution in [0.2, 0.25) is 0 Å². The van der Waals surface area contributed by atoms with Crippen LogP contribution >= 0.6 is 0 Å². The molecule has 0 saturated heterocycles. The van der Waals surface area contributed by atoms with Crippen LogP contribution in [0.5, 0.6) is 0 Å². The lowest BCUT2D eigenvalue weighted by Crippen LogP contribution is -2.07. The summed E-state index contributed by atoms with van der Waals surface area (Å²) in [7, 11) is 0. The summed E-state index contributed by atoms with van der Waals surface area (Å²) in [4.78, 5) is 8.31. The van der Waals surface area contributed by atoms with Gasteiger partial charge in [-0.2, -0.15) is 5.26 Å². The zero-order valence-electron chi connectivity index (χ0n) is 10.6. The zero-order chi connectivity index (χ0) is 13.1. The van der Waals surface area contributed by atoms with Gasteiger partial charge in [0.05, 0.1) is 0 Å². The maximum atomic E-state index is 8.85. The smallest absolute Gasteiger partial charge is 0.228 e. The second-order valence-electron chi connectivity index (χ2n) is 4.65. The summed E-state index contributed by atoms with van der Waals surface area (Å²) in [5.74, 6) is 0.484. The number of rotatable bonds is 2. The number of hydrogen-bond acceptors (Lipinski definition) is 4. The lowest BCUT2D eigenvalue weighted by atomic mass is 9.90. The van der Waals surface area contributed by atoms with Gasteiger partial charge in [0.1, 0.15) is 11.8 Å². The Labute approximate surface area is 112 Å². The third-order valence-electron chi connectivity index (χ3n) is 3.41. The molecule has 1 N–H and O–H groups in total. The lowest BCUT2D eigenvalue weighted by Gasteiger charge is -2.19. The Morgan fingerprint density at radius 3 is 2.95 bits per heavy atom. The van der Waals surface area contributed by atoms with Crippen molar-refractivity contribution in [3.8, 4) is 6.07 Å². The average Bonchev–Trinajstić information content (AvgIpc) is 2.48. The van der Waals surface area contributed by atoms with E-state index in [-0.39, 0.29) is 0 Å². The van der Waals surface area contributed by atoms with Crippen molar-refractivity contribution in [3.05, 3.63) is 47.3 Å². The topological polar surface area (TPSA) is 61.6 Å². The Bertz CT molecular complexity index is 643. The van der Waals surface area contributed by atoms with E-state index < -0.39 is 0 Å². The lowest BCUT2D eigenvalue weighted by molar-refractivity contribution is 0.687. The predicted molar refractivity (Wildman–Crippen MR) is 73.1 cm³/mol. The molecule has 0 saturated carbocycles. The van der Waals surface area contributed by atoms with Crippen molar-refractivity contribution in [2.75, 3.05) is 5.32 Å². The first kappa shape index (κ1) is 11.7. The van der Waals surface area contributed by atoms with E-state index in [9.17, 15) is 0 Å². The van der Waals surface area contributed by atoms with Crippen LogP contribution in [0.15, 0.2) is 30.5 Å². The molecule has 94 valence electrons. The summed E-state index contributed by atoms with van der Waals surface area (Å²) < 4.78 is 0. The first-order chi connectivity index (χ1) is 9.36. The predicted octanol–water partition coefficient (Wildman–Crippen LogP) is 2.97. The first-order valence-corrected chi connectivity index (χ1v) is 6.48. The molecule has 0 aliphatic heterocycles. The Hall–Kier alpha value is -2.41. The van der Waals surface area contributed by atoms with Crippen molar-refractivity contribution < 1.29 is 0 Å². The van der Waals surface area contributed by atoms with Gasteiger partial charge in [0.15, 0.2) is 0 Å². The molecule has 2 aromatic rings. The largest absolute Gasteiger partial charge is 0.324 e. The molecule has 0 fully saturated rings. The molecule has 0 atom stereocenters. The van der Waals surface area contributed by atoms with Crippen molar-refractivity contribution in [2.24, 2.45) is 0 Å². The molecule has 3 rings (SSSR count). The van der Waals surface area contributed by atoms with Crippen molar-refractivity contribution in [1.29, 1.82) is 5.26 Å². The fraction of sp³-hybridized carbons (Fsp3) is 0.267. The van der Waals surface area contributed by atoms with Crippen LogP contribution in [0.25, 0.3) is 0 Å². The maximum Gasteiger partial charge on any atom is 0.228 e. The number of benzene rings is 1. The number of aromatic nitrogens is 2. The van der Waals surface area contributed by atoms with Crippen LogP contribution in [0, 0.1) is 11.3 Å². The van der Waals surface area contributed by atoms with Crippen LogP contribution in [-0.2, 0) is 12.8 Å². The number of nitriles is 1. The van der Waals surface area contributed by atoms with Gasteiger partial charge in [-0.15, -0.1) is 0 Å². The SMILES string of the molecule is N#Cc1ccnc(Nc2cccc3c2CCCC3)n1. The van der Waals surface area contributed by atoms with Gasteiger partial charge in [-0.05, 0) is 48.9 Å². The molecule has 19 heavy (non-hydrogen) atoms. The summed E-state index contributed by atoms with van der Waals surface area (Å²) in [5, 5.41) is 12.1. The highest BCUT2D eigenvalue weighted by Gasteiger charge is 2.13. The minimum atomic E-state index is 0.377. The Kier molecular flexibility index (Phi) is 3.11. The number of nitrogens with one attached hydrogen (secondary N) is 1. The molecular weight excluding hydrogens is 236 g/mol. The fourth-order valence-corrected chi connectivity index (χ4v) is 2.50. The van der Waals surface area contributed by atoms with Gasteiger partial charge in [-0.1, -0.05) is 12.1 Å². The quantitative estimate of drug-likeness (QED) is 0.890. The highest BCUT2D eigenvalue weighted by atomic mass is 15.1. The second kappa shape index (κ2) is 5.07. The van der Waals surface area contributed by atoms with Crippen molar-refractivity contribution in [3.63, 3.8) is 0 Å². The third-order valence-corrected chi connectivity index (χ3v) is 3.41. The summed E-state index contributed by atoms with van der Waals surface area (Å²) >= 11 is 0. The number of anilines is 2. The molecule has 1 aliphatic carbocycles. The fourth-order valence-electron chi connectivity index (χ4n) is 2.50. The molecule has 0 amide bonds. The summed E-state index contributed by atoms with van der Waals surface area (Å²) in [5.41, 5.74) is 4.21. The van der Waals surface area contributed by atoms with Crippen LogP contribution < -0.4 is 5.32 Å². The maximum absolute atomic E-state index is 8.85. The minimum absolute atomic E-state index is 0.377. The first-order valence-electron chi connectivity index (χ1n) is 6.48. The molecule has 1 aromatic heterocycles. The normalized spacial score (nSPS) is 13.4. The molecule has 0 unspecified atom stereocenters. The molecule has 0 radical (unpaired) electrons. The van der Waals surface area contributed by atoms with Gasteiger partial charge >= 0.3 is 0 Å². The van der Waals surface area contributed by atoms with Gasteiger partial charge in [0, 0.05) is 11.9 Å². The van der Waals surface area contributed by atoms with E-state index in [0.29, 0.717) is 11.6 Å². The van der Waals surface area contributed by atoms with Crippen LogP contribution in [0.4, 0.5) is 11.6 Å². The summed E-state index contributed by atoms with van der Waals surface area (Å²) in [6.07, 6.45) is 6.32. The molecule has 1 heterocycles. The van der Waals surface area contributed by atoms with Gasteiger partial charge in [-0.25, -0.2) is 9.97 Å².